The van der Waals surface area contributed by atoms with Crippen LogP contribution in [-0.2, 0) is 14.3 Å². The molecule has 1 aliphatic rings. The van der Waals surface area contributed by atoms with Crippen molar-refractivity contribution in [3.05, 3.63) is 46.8 Å². The molecule has 1 aromatic carbocycles. The molecule has 0 unspecified atom stereocenters. The van der Waals surface area contributed by atoms with Gasteiger partial charge in [-0.3, -0.25) is 19.2 Å². The fourth-order valence-electron chi connectivity index (χ4n) is 3.40. The highest BCUT2D eigenvalue weighted by Crippen LogP contribution is 2.36. The van der Waals surface area contributed by atoms with Gasteiger partial charge in [0, 0.05) is 16.2 Å². The zero-order chi connectivity index (χ0) is 21.3. The van der Waals surface area contributed by atoms with E-state index in [1.165, 1.54) is 25.6 Å². The van der Waals surface area contributed by atoms with Gasteiger partial charge in [-0.05, 0) is 45.4 Å². The predicted octanol–water partition coefficient (Wildman–Crippen LogP) is 3.45. The summed E-state index contributed by atoms with van der Waals surface area (Å²) in [6.45, 7) is 6.31. The average Bonchev–Trinajstić information content (AvgIpc) is 2.95. The first-order valence-electron chi connectivity index (χ1n) is 9.19. The summed E-state index contributed by atoms with van der Waals surface area (Å²) in [6, 6.07) is 7.34. The molecule has 2 N–H and O–H groups in total. The summed E-state index contributed by atoms with van der Waals surface area (Å²) in [5.41, 5.74) is 2.59. The summed E-state index contributed by atoms with van der Waals surface area (Å²) in [4.78, 5) is 52.8. The van der Waals surface area contributed by atoms with Crippen molar-refractivity contribution in [3.63, 3.8) is 0 Å². The van der Waals surface area contributed by atoms with E-state index in [1.54, 1.807) is 19.9 Å². The maximum atomic E-state index is 12.7. The van der Waals surface area contributed by atoms with E-state index >= 15 is 0 Å². The molecule has 1 aliphatic heterocycles. The Morgan fingerprint density at radius 1 is 1.21 bits per heavy atom. The zero-order valence-corrected chi connectivity index (χ0v) is 17.4. The van der Waals surface area contributed by atoms with Crippen LogP contribution in [0.5, 0.6) is 0 Å². The molecule has 8 heteroatoms. The number of thioether (sulfide) groups is 1. The number of esters is 1. The molecule has 152 valence electrons. The number of anilines is 1. The molecule has 1 aromatic heterocycles. The number of benzene rings is 1. The van der Waals surface area contributed by atoms with E-state index < -0.39 is 23.1 Å². The van der Waals surface area contributed by atoms with E-state index in [9.17, 15) is 19.2 Å². The summed E-state index contributed by atoms with van der Waals surface area (Å²) in [5.74, 6) is -1.46. The molecule has 7 nitrogen and oxygen atoms in total. The summed E-state index contributed by atoms with van der Waals surface area (Å²) in [6.07, 6.45) is -1.19. The first-order valence-corrected chi connectivity index (χ1v) is 10.1. The number of aryl methyl sites for hydroxylation is 1. The molecule has 29 heavy (non-hydrogen) atoms. The molecule has 0 fully saturated rings. The lowest BCUT2D eigenvalue weighted by Gasteiger charge is -2.23. The Kier molecular flexibility index (Phi) is 5.93. The SMILES string of the molecule is CC(=O)c1c(C)[nH]c(C(=O)[C@H](C)OC(=O)C[C@H]2Sc3ccccc3NC2=O)c1C. The Balaban J connectivity index is 1.65. The minimum absolute atomic E-state index is 0.138. The third-order valence-corrected chi connectivity index (χ3v) is 6.05. The number of carbonyl (C=O) groups excluding carboxylic acids is 4. The molecule has 2 atom stereocenters. The van der Waals surface area contributed by atoms with Gasteiger partial charge >= 0.3 is 5.97 Å². The summed E-state index contributed by atoms with van der Waals surface area (Å²) >= 11 is 1.29. The first-order chi connectivity index (χ1) is 13.7. The van der Waals surface area contributed by atoms with Crippen molar-refractivity contribution in [1.82, 2.24) is 4.98 Å². The van der Waals surface area contributed by atoms with Crippen LogP contribution < -0.4 is 5.32 Å². The van der Waals surface area contributed by atoms with Gasteiger partial charge in [0.05, 0.1) is 23.1 Å². The molecule has 2 heterocycles. The number of aromatic amines is 1. The maximum Gasteiger partial charge on any atom is 0.308 e. The molecule has 0 saturated heterocycles. The molecule has 0 bridgehead atoms. The van der Waals surface area contributed by atoms with Crippen molar-refractivity contribution in [1.29, 1.82) is 0 Å². The minimum atomic E-state index is -1.04. The normalized spacial score (nSPS) is 16.6. The van der Waals surface area contributed by atoms with Gasteiger partial charge in [-0.15, -0.1) is 11.8 Å². The van der Waals surface area contributed by atoms with Crippen LogP contribution >= 0.6 is 11.8 Å². The molecular weight excluding hydrogens is 392 g/mol. The van der Waals surface area contributed by atoms with Gasteiger partial charge in [0.1, 0.15) is 0 Å². The second kappa shape index (κ2) is 8.24. The molecule has 3 rings (SSSR count). The van der Waals surface area contributed by atoms with Gasteiger partial charge < -0.3 is 15.0 Å². The number of hydrogen-bond donors (Lipinski definition) is 2. The van der Waals surface area contributed by atoms with Crippen LogP contribution in [0.4, 0.5) is 5.69 Å². The third-order valence-electron chi connectivity index (χ3n) is 4.77. The Hall–Kier alpha value is -2.87. The third kappa shape index (κ3) is 4.27. The second-order valence-corrected chi connectivity index (χ2v) is 8.22. The number of para-hydroxylation sites is 1. The van der Waals surface area contributed by atoms with Gasteiger partial charge in [-0.1, -0.05) is 12.1 Å². The van der Waals surface area contributed by atoms with Gasteiger partial charge in [-0.25, -0.2) is 0 Å². The molecule has 0 spiro atoms. The fourth-order valence-corrected chi connectivity index (χ4v) is 4.50. The average molecular weight is 414 g/mol. The van der Waals surface area contributed by atoms with Crippen molar-refractivity contribution in [2.45, 2.75) is 50.4 Å². The van der Waals surface area contributed by atoms with Crippen LogP contribution in [0.25, 0.3) is 0 Å². The molecular formula is C21H22N2O5S. The van der Waals surface area contributed by atoms with Crippen molar-refractivity contribution in [2.24, 2.45) is 0 Å². The minimum Gasteiger partial charge on any atom is -0.454 e. The van der Waals surface area contributed by atoms with Crippen LogP contribution in [0, 0.1) is 13.8 Å². The number of H-pyrrole nitrogens is 1. The Bertz CT molecular complexity index is 1010. The van der Waals surface area contributed by atoms with Gasteiger partial charge in [-0.2, -0.15) is 0 Å². The Labute approximate surface area is 172 Å². The lowest BCUT2D eigenvalue weighted by atomic mass is 10.0. The number of ether oxygens (including phenoxy) is 1. The van der Waals surface area contributed by atoms with Crippen LogP contribution in [0.2, 0.25) is 0 Å². The van der Waals surface area contributed by atoms with Crippen molar-refractivity contribution in [2.75, 3.05) is 5.32 Å². The lowest BCUT2D eigenvalue weighted by Crippen LogP contribution is -2.33. The molecule has 0 radical (unpaired) electrons. The Morgan fingerprint density at radius 2 is 1.90 bits per heavy atom. The van der Waals surface area contributed by atoms with Crippen LogP contribution in [0.3, 0.4) is 0 Å². The highest BCUT2D eigenvalue weighted by atomic mass is 32.2. The molecule has 2 aromatic rings. The quantitative estimate of drug-likeness (QED) is 0.554. The van der Waals surface area contributed by atoms with Crippen LogP contribution in [0.1, 0.15) is 52.4 Å². The number of rotatable bonds is 6. The smallest absolute Gasteiger partial charge is 0.308 e. The number of ketones is 2. The van der Waals surface area contributed by atoms with Crippen LogP contribution in [0.15, 0.2) is 29.2 Å². The zero-order valence-electron chi connectivity index (χ0n) is 16.6. The number of Topliss-reactive ketones (excluding diaryl/α,β-unsaturated/α-hetero) is 2. The van der Waals surface area contributed by atoms with E-state index in [4.69, 9.17) is 4.74 Å². The summed E-state index contributed by atoms with van der Waals surface area (Å²) < 4.78 is 5.28. The summed E-state index contributed by atoms with van der Waals surface area (Å²) in [7, 11) is 0. The highest BCUT2D eigenvalue weighted by Gasteiger charge is 2.31. The monoisotopic (exact) mass is 414 g/mol. The van der Waals surface area contributed by atoms with Crippen LogP contribution in [-0.4, -0.2) is 39.8 Å². The van der Waals surface area contributed by atoms with E-state index in [2.05, 4.69) is 10.3 Å². The van der Waals surface area contributed by atoms with Crippen molar-refractivity contribution >= 4 is 40.9 Å². The fraction of sp³-hybridized carbons (Fsp3) is 0.333. The lowest BCUT2D eigenvalue weighted by molar-refractivity contribution is -0.147. The van der Waals surface area contributed by atoms with E-state index in [1.807, 2.05) is 18.2 Å². The van der Waals surface area contributed by atoms with Gasteiger partial charge in [0.25, 0.3) is 0 Å². The van der Waals surface area contributed by atoms with Crippen molar-refractivity contribution < 1.29 is 23.9 Å². The second-order valence-electron chi connectivity index (χ2n) is 6.97. The van der Waals surface area contributed by atoms with E-state index in [-0.39, 0.29) is 23.8 Å². The standard InChI is InChI=1S/C21H22N2O5S/c1-10-18(12(3)24)11(2)22-19(10)20(26)13(4)28-17(25)9-16-21(27)23-14-7-5-6-8-15(14)29-16/h5-8,13,16,22H,9H2,1-4H3,(H,23,27)/t13-,16+/m0/s1. The van der Waals surface area contributed by atoms with E-state index in [0.717, 1.165) is 10.6 Å². The largest absolute Gasteiger partial charge is 0.454 e. The number of amides is 1. The number of carbonyl (C=O) groups is 4. The highest BCUT2D eigenvalue weighted by molar-refractivity contribution is 8.01. The van der Waals surface area contributed by atoms with E-state index in [0.29, 0.717) is 16.8 Å². The molecule has 1 amide bonds. The van der Waals surface area contributed by atoms with Gasteiger partial charge in [0.15, 0.2) is 11.9 Å². The first kappa shape index (κ1) is 20.9. The van der Waals surface area contributed by atoms with Gasteiger partial charge in [0.2, 0.25) is 11.7 Å². The maximum absolute atomic E-state index is 12.7. The molecule has 0 aliphatic carbocycles. The number of aromatic nitrogens is 1. The summed E-state index contributed by atoms with van der Waals surface area (Å²) in [5, 5.41) is 2.15. The number of hydrogen-bond acceptors (Lipinski definition) is 6. The number of nitrogens with one attached hydrogen (secondary N) is 2. The van der Waals surface area contributed by atoms with Crippen molar-refractivity contribution in [3.8, 4) is 0 Å². The molecule has 0 saturated carbocycles. The Morgan fingerprint density at radius 3 is 2.55 bits per heavy atom. The number of fused-ring (bicyclic) bond motifs is 1. The topological polar surface area (TPSA) is 105 Å². The predicted molar refractivity (Wildman–Crippen MR) is 109 cm³/mol.